The Morgan fingerprint density at radius 1 is 0.938 bits per heavy atom. The molecule has 1 aliphatic rings. The highest BCUT2D eigenvalue weighted by atomic mass is 15.0. The molecule has 0 saturated heterocycles. The van der Waals surface area contributed by atoms with Crippen molar-refractivity contribution in [3.05, 3.63) is 54.2 Å². The zero-order valence-corrected chi connectivity index (χ0v) is 9.14. The number of benzene rings is 2. The first kappa shape index (κ1) is 8.28. The van der Waals surface area contributed by atoms with Gasteiger partial charge in [0.1, 0.15) is 0 Å². The first-order valence-corrected chi connectivity index (χ1v) is 5.72. The zero-order valence-electron chi connectivity index (χ0n) is 9.14. The first-order valence-electron chi connectivity index (χ1n) is 5.72. The molecule has 0 spiro atoms. The van der Waals surface area contributed by atoms with E-state index in [4.69, 9.17) is 0 Å². The second-order valence-electron chi connectivity index (χ2n) is 4.54. The summed E-state index contributed by atoms with van der Waals surface area (Å²) < 4.78 is 2.38. The standard InChI is InChI=1S/C15H12N/c1-10-13-6-2-4-11-7-8-12-5-3-9-16(10)15(12)14(11)13/h2-10H,1H3/q+1. The average Bonchev–Trinajstić information content (AvgIpc) is 2.64. The topological polar surface area (TPSA) is 3.88 Å². The Bertz CT molecular complexity index is 665. The van der Waals surface area contributed by atoms with E-state index < -0.39 is 0 Å². The van der Waals surface area contributed by atoms with Crippen molar-refractivity contribution in [2.24, 2.45) is 0 Å². The van der Waals surface area contributed by atoms with E-state index >= 15 is 0 Å². The highest BCUT2D eigenvalue weighted by Crippen LogP contribution is 2.34. The first-order chi connectivity index (χ1) is 7.86. The van der Waals surface area contributed by atoms with Gasteiger partial charge in [0.25, 0.3) is 0 Å². The fraction of sp³-hybridized carbons (Fsp3) is 0.133. The molecule has 0 radical (unpaired) electrons. The van der Waals surface area contributed by atoms with E-state index in [0.29, 0.717) is 6.04 Å². The summed E-state index contributed by atoms with van der Waals surface area (Å²) in [7, 11) is 0. The van der Waals surface area contributed by atoms with Crippen molar-refractivity contribution in [2.75, 3.05) is 0 Å². The third-order valence-electron chi connectivity index (χ3n) is 3.73. The Labute approximate surface area is 93.9 Å². The molecule has 2 heterocycles. The van der Waals surface area contributed by atoms with E-state index in [1.54, 1.807) is 0 Å². The smallest absolute Gasteiger partial charge is 0.191 e. The highest BCUT2D eigenvalue weighted by Gasteiger charge is 2.30. The van der Waals surface area contributed by atoms with Gasteiger partial charge in [-0.2, -0.15) is 4.57 Å². The molecule has 0 fully saturated rings. The molecule has 1 nitrogen and oxygen atoms in total. The predicted molar refractivity (Wildman–Crippen MR) is 65.5 cm³/mol. The zero-order chi connectivity index (χ0) is 10.7. The van der Waals surface area contributed by atoms with Crippen molar-refractivity contribution in [1.29, 1.82) is 0 Å². The number of nitrogens with zero attached hydrogens (tertiary/aromatic N) is 1. The van der Waals surface area contributed by atoms with Crippen LogP contribution >= 0.6 is 0 Å². The van der Waals surface area contributed by atoms with Crippen molar-refractivity contribution in [3.63, 3.8) is 0 Å². The summed E-state index contributed by atoms with van der Waals surface area (Å²) in [5.74, 6) is 0. The molecule has 1 aliphatic heterocycles. The maximum atomic E-state index is 2.38. The van der Waals surface area contributed by atoms with E-state index in [9.17, 15) is 0 Å². The van der Waals surface area contributed by atoms with Crippen LogP contribution in [0.1, 0.15) is 18.5 Å². The molecule has 0 saturated carbocycles. The lowest BCUT2D eigenvalue weighted by Crippen LogP contribution is -2.34. The Morgan fingerprint density at radius 2 is 1.75 bits per heavy atom. The molecule has 1 unspecified atom stereocenters. The van der Waals surface area contributed by atoms with Crippen LogP contribution in [0.25, 0.3) is 21.7 Å². The molecule has 0 amide bonds. The van der Waals surface area contributed by atoms with Crippen molar-refractivity contribution in [2.45, 2.75) is 13.0 Å². The molecular weight excluding hydrogens is 194 g/mol. The summed E-state index contributed by atoms with van der Waals surface area (Å²) >= 11 is 0. The maximum Gasteiger partial charge on any atom is 0.221 e. The van der Waals surface area contributed by atoms with Crippen LogP contribution < -0.4 is 4.57 Å². The quantitative estimate of drug-likeness (QED) is 0.393. The Hall–Kier alpha value is -1.89. The van der Waals surface area contributed by atoms with Gasteiger partial charge in [-0.25, -0.2) is 0 Å². The van der Waals surface area contributed by atoms with Gasteiger partial charge in [-0.05, 0) is 17.5 Å². The fourth-order valence-electron chi connectivity index (χ4n) is 2.95. The van der Waals surface area contributed by atoms with Crippen molar-refractivity contribution >= 4 is 21.7 Å². The van der Waals surface area contributed by atoms with E-state index in [2.05, 4.69) is 60.2 Å². The lowest BCUT2D eigenvalue weighted by Gasteiger charge is -1.99. The number of hydrogen-bond donors (Lipinski definition) is 0. The van der Waals surface area contributed by atoms with Crippen LogP contribution in [0.15, 0.2) is 48.7 Å². The minimum absolute atomic E-state index is 0.463. The summed E-state index contributed by atoms with van der Waals surface area (Å²) in [5.41, 5.74) is 2.84. The van der Waals surface area contributed by atoms with E-state index in [-0.39, 0.29) is 0 Å². The van der Waals surface area contributed by atoms with E-state index in [1.165, 1.54) is 27.2 Å². The van der Waals surface area contributed by atoms with Crippen LogP contribution in [0.4, 0.5) is 0 Å². The van der Waals surface area contributed by atoms with Gasteiger partial charge in [0, 0.05) is 23.9 Å². The molecule has 2 aromatic carbocycles. The predicted octanol–water partition coefficient (Wildman–Crippen LogP) is 3.20. The van der Waals surface area contributed by atoms with Gasteiger partial charge < -0.3 is 0 Å². The molecule has 4 rings (SSSR count). The summed E-state index contributed by atoms with van der Waals surface area (Å²) in [5, 5.41) is 4.13. The van der Waals surface area contributed by atoms with E-state index in [1.807, 2.05) is 0 Å². The molecule has 16 heavy (non-hydrogen) atoms. The molecule has 1 heteroatoms. The van der Waals surface area contributed by atoms with Gasteiger partial charge >= 0.3 is 0 Å². The number of hydrogen-bond acceptors (Lipinski definition) is 0. The molecule has 0 aliphatic carbocycles. The molecule has 3 aromatic rings. The third-order valence-corrected chi connectivity index (χ3v) is 3.73. The Balaban J connectivity index is 2.40. The van der Waals surface area contributed by atoms with Crippen LogP contribution in [0, 0.1) is 0 Å². The molecular formula is C15H12N+. The fourth-order valence-corrected chi connectivity index (χ4v) is 2.95. The second kappa shape index (κ2) is 2.62. The lowest BCUT2D eigenvalue weighted by molar-refractivity contribution is -0.680. The van der Waals surface area contributed by atoms with Gasteiger partial charge in [0.05, 0.1) is 5.39 Å². The summed E-state index contributed by atoms with van der Waals surface area (Å²) in [4.78, 5) is 0. The summed E-state index contributed by atoms with van der Waals surface area (Å²) in [6, 6.07) is 15.8. The molecule has 1 atom stereocenters. The average molecular weight is 206 g/mol. The largest absolute Gasteiger partial charge is 0.221 e. The van der Waals surface area contributed by atoms with Crippen LogP contribution in [-0.4, -0.2) is 0 Å². The van der Waals surface area contributed by atoms with Crippen LogP contribution in [-0.2, 0) is 0 Å². The van der Waals surface area contributed by atoms with Gasteiger partial charge in [-0.3, -0.25) is 0 Å². The molecule has 0 N–H and O–H groups in total. The molecule has 76 valence electrons. The van der Waals surface area contributed by atoms with Gasteiger partial charge in [-0.15, -0.1) is 0 Å². The maximum absolute atomic E-state index is 2.38. The van der Waals surface area contributed by atoms with Gasteiger partial charge in [0.15, 0.2) is 12.2 Å². The molecule has 1 aromatic heterocycles. The number of aromatic nitrogens is 1. The van der Waals surface area contributed by atoms with Crippen LogP contribution in [0.5, 0.6) is 0 Å². The van der Waals surface area contributed by atoms with Crippen LogP contribution in [0.2, 0.25) is 0 Å². The van der Waals surface area contributed by atoms with Crippen molar-refractivity contribution < 1.29 is 4.57 Å². The minimum atomic E-state index is 0.463. The highest BCUT2D eigenvalue weighted by molar-refractivity contribution is 6.06. The number of rotatable bonds is 0. The Morgan fingerprint density at radius 3 is 2.69 bits per heavy atom. The summed E-state index contributed by atoms with van der Waals surface area (Å²) in [6.45, 7) is 2.27. The second-order valence-corrected chi connectivity index (χ2v) is 4.54. The lowest BCUT2D eigenvalue weighted by atomic mass is 10.0. The Kier molecular flexibility index (Phi) is 1.35. The van der Waals surface area contributed by atoms with Gasteiger partial charge in [-0.1, -0.05) is 24.3 Å². The normalized spacial score (nSPS) is 17.7. The van der Waals surface area contributed by atoms with E-state index in [0.717, 1.165) is 0 Å². The minimum Gasteiger partial charge on any atom is -0.191 e. The van der Waals surface area contributed by atoms with Crippen molar-refractivity contribution in [1.82, 2.24) is 0 Å². The van der Waals surface area contributed by atoms with Gasteiger partial charge in [0.2, 0.25) is 5.52 Å². The van der Waals surface area contributed by atoms with Crippen LogP contribution in [0.3, 0.4) is 0 Å². The summed E-state index contributed by atoms with van der Waals surface area (Å²) in [6.07, 6.45) is 2.19. The van der Waals surface area contributed by atoms with Crippen molar-refractivity contribution in [3.8, 4) is 0 Å². The number of pyridine rings is 1. The molecule has 0 bridgehead atoms. The third kappa shape index (κ3) is 0.804. The SMILES string of the molecule is CC1c2cccc3ccc4ccc[n+]1c4c23. The monoisotopic (exact) mass is 206 g/mol.